The number of benzene rings is 3. The van der Waals surface area contributed by atoms with Crippen LogP contribution < -0.4 is 29.1 Å². The molecule has 2 aliphatic heterocycles. The molecule has 3 aromatic carbocycles. The van der Waals surface area contributed by atoms with Crippen LogP contribution in [0, 0.1) is 0 Å². The van der Waals surface area contributed by atoms with E-state index in [0.717, 1.165) is 15.6 Å². The molecule has 1 atom stereocenters. The van der Waals surface area contributed by atoms with E-state index in [9.17, 15) is 9.59 Å². The topological polar surface area (TPSA) is 88.4 Å². The fourth-order valence-corrected chi connectivity index (χ4v) is 6.32. The highest BCUT2D eigenvalue weighted by molar-refractivity contribution is 9.10. The lowest BCUT2D eigenvalue weighted by Gasteiger charge is -2.26. The Labute approximate surface area is 241 Å². The molecule has 4 aromatic rings. The molecule has 40 heavy (non-hydrogen) atoms. The summed E-state index contributed by atoms with van der Waals surface area (Å²) in [6, 6.07) is 19.6. The number of fused-ring (bicyclic) bond motifs is 2. The van der Waals surface area contributed by atoms with Crippen molar-refractivity contribution >= 4 is 45.0 Å². The van der Waals surface area contributed by atoms with E-state index in [4.69, 9.17) is 23.9 Å². The van der Waals surface area contributed by atoms with Gasteiger partial charge in [0.15, 0.2) is 16.3 Å². The van der Waals surface area contributed by atoms with Crippen LogP contribution in [-0.2, 0) is 9.53 Å². The lowest BCUT2D eigenvalue weighted by molar-refractivity contribution is -0.138. The number of rotatable bonds is 6. The van der Waals surface area contributed by atoms with Gasteiger partial charge < -0.3 is 18.9 Å². The van der Waals surface area contributed by atoms with Crippen molar-refractivity contribution in [2.75, 3.05) is 20.5 Å². The number of carbonyl (C=O) groups is 1. The number of hydrogen-bond acceptors (Lipinski definition) is 8. The Morgan fingerprint density at radius 3 is 2.67 bits per heavy atom. The summed E-state index contributed by atoms with van der Waals surface area (Å²) >= 11 is 4.77. The molecule has 0 radical (unpaired) electrons. The molecule has 6 rings (SSSR count). The maximum Gasteiger partial charge on any atom is 0.338 e. The highest BCUT2D eigenvalue weighted by Crippen LogP contribution is 2.40. The van der Waals surface area contributed by atoms with E-state index >= 15 is 0 Å². The van der Waals surface area contributed by atoms with Gasteiger partial charge in [0, 0.05) is 5.56 Å². The first kappa shape index (κ1) is 26.1. The van der Waals surface area contributed by atoms with Gasteiger partial charge in [0.05, 0.1) is 40.0 Å². The van der Waals surface area contributed by atoms with E-state index in [1.54, 1.807) is 36.8 Å². The predicted molar refractivity (Wildman–Crippen MR) is 154 cm³/mol. The molecule has 0 saturated heterocycles. The third-order valence-electron chi connectivity index (χ3n) is 6.56. The zero-order valence-corrected chi connectivity index (χ0v) is 24.0. The summed E-state index contributed by atoms with van der Waals surface area (Å²) in [7, 11) is 1.60. The molecule has 0 N–H and O–H groups in total. The molecule has 0 spiro atoms. The minimum absolute atomic E-state index is 0.106. The normalized spacial score (nSPS) is 16.0. The highest BCUT2D eigenvalue weighted by Gasteiger charge is 2.36. The molecule has 202 valence electrons. The van der Waals surface area contributed by atoms with E-state index in [2.05, 4.69) is 15.9 Å². The summed E-state index contributed by atoms with van der Waals surface area (Å²) in [6.07, 6.45) is 1.81. The van der Waals surface area contributed by atoms with E-state index < -0.39 is 12.0 Å². The second kappa shape index (κ2) is 10.8. The number of halogens is 1. The van der Waals surface area contributed by atoms with Crippen LogP contribution >= 0.6 is 27.3 Å². The molecule has 0 saturated carbocycles. The van der Waals surface area contributed by atoms with Crippen LogP contribution in [0.1, 0.15) is 29.7 Å². The largest absolute Gasteiger partial charge is 0.496 e. The maximum atomic E-state index is 14.0. The third kappa shape index (κ3) is 4.63. The van der Waals surface area contributed by atoms with Crippen molar-refractivity contribution in [2.24, 2.45) is 4.99 Å². The number of methoxy groups -OCH3 is 1. The Balaban J connectivity index is 1.62. The zero-order chi connectivity index (χ0) is 27.8. The van der Waals surface area contributed by atoms with Crippen molar-refractivity contribution in [1.29, 1.82) is 0 Å². The molecule has 1 aromatic heterocycles. The van der Waals surface area contributed by atoms with Crippen LogP contribution in [0.5, 0.6) is 17.2 Å². The van der Waals surface area contributed by atoms with Crippen molar-refractivity contribution in [2.45, 2.75) is 13.0 Å². The predicted octanol–water partition coefficient (Wildman–Crippen LogP) is 4.44. The van der Waals surface area contributed by atoms with Crippen LogP contribution in [0.15, 0.2) is 86.6 Å². The Kier molecular flexibility index (Phi) is 7.03. The molecule has 0 fully saturated rings. The van der Waals surface area contributed by atoms with Gasteiger partial charge in [0.1, 0.15) is 5.75 Å². The summed E-state index contributed by atoms with van der Waals surface area (Å²) in [4.78, 5) is 33.0. The number of carbonyl (C=O) groups excluding carboxylic acids is 1. The Hall–Kier alpha value is -4.15. The number of aromatic nitrogens is 1. The van der Waals surface area contributed by atoms with Gasteiger partial charge in [-0.1, -0.05) is 53.8 Å². The van der Waals surface area contributed by atoms with Crippen LogP contribution in [-0.4, -0.2) is 31.0 Å². The Morgan fingerprint density at radius 2 is 1.93 bits per heavy atom. The minimum atomic E-state index is -0.801. The summed E-state index contributed by atoms with van der Waals surface area (Å²) in [5.74, 6) is 1.30. The molecular formula is C30H23BrN2O6S. The van der Waals surface area contributed by atoms with Crippen molar-refractivity contribution in [3.05, 3.63) is 113 Å². The molecular weight excluding hydrogens is 596 g/mol. The average Bonchev–Trinajstić information content (AvgIpc) is 3.56. The summed E-state index contributed by atoms with van der Waals surface area (Å²) in [5.41, 5.74) is 2.70. The van der Waals surface area contributed by atoms with E-state index in [1.807, 2.05) is 54.6 Å². The van der Waals surface area contributed by atoms with Crippen molar-refractivity contribution in [3.8, 4) is 17.2 Å². The fourth-order valence-electron chi connectivity index (χ4n) is 4.76. The number of thiazole rings is 1. The third-order valence-corrected chi connectivity index (χ3v) is 8.16. The molecule has 1 unspecified atom stereocenters. The number of ether oxygens (including phenoxy) is 4. The first-order valence-electron chi connectivity index (χ1n) is 12.5. The monoisotopic (exact) mass is 618 g/mol. The van der Waals surface area contributed by atoms with Gasteiger partial charge in [-0.15, -0.1) is 0 Å². The lowest BCUT2D eigenvalue weighted by Crippen LogP contribution is -2.40. The summed E-state index contributed by atoms with van der Waals surface area (Å²) in [5, 5.41) is 0. The van der Waals surface area contributed by atoms with Crippen molar-refractivity contribution in [1.82, 2.24) is 4.57 Å². The SMILES string of the molecule is CCOC(=O)C1=C(c2ccccc2)N=c2s/c(=C/c3ccc(OC)c(Br)c3)c(=O)n2C1c1ccc2c(c1)OCO2. The smallest absolute Gasteiger partial charge is 0.338 e. The average molecular weight is 619 g/mol. The molecule has 0 bridgehead atoms. The molecule has 0 amide bonds. The summed E-state index contributed by atoms with van der Waals surface area (Å²) < 4.78 is 24.8. The quantitative estimate of drug-likeness (QED) is 0.297. The second-order valence-electron chi connectivity index (χ2n) is 8.94. The van der Waals surface area contributed by atoms with Crippen molar-refractivity contribution < 1.29 is 23.7 Å². The van der Waals surface area contributed by atoms with Gasteiger partial charge in [-0.3, -0.25) is 9.36 Å². The van der Waals surface area contributed by atoms with Gasteiger partial charge in [0.25, 0.3) is 5.56 Å². The first-order chi connectivity index (χ1) is 19.5. The van der Waals surface area contributed by atoms with Gasteiger partial charge in [0.2, 0.25) is 6.79 Å². The number of nitrogens with zero attached hydrogens (tertiary/aromatic N) is 2. The molecule has 2 aliphatic rings. The van der Waals surface area contributed by atoms with Crippen molar-refractivity contribution in [3.63, 3.8) is 0 Å². The van der Waals surface area contributed by atoms with Crippen LogP contribution in [0.3, 0.4) is 0 Å². The van der Waals surface area contributed by atoms with E-state index in [0.29, 0.717) is 37.8 Å². The maximum absolute atomic E-state index is 14.0. The summed E-state index contributed by atoms with van der Waals surface area (Å²) in [6.45, 7) is 2.03. The number of esters is 1. The van der Waals surface area contributed by atoms with Gasteiger partial charge in [-0.25, -0.2) is 9.79 Å². The standard InChI is InChI=1S/C30H23BrN2O6S/c1-3-37-29(35)25-26(18-7-5-4-6-8-18)32-30-33(27(25)19-10-12-22-23(15-19)39-16-38-22)28(34)24(40-30)14-17-9-11-21(36-2)20(31)13-17/h4-15,27H,3,16H2,1-2H3/b24-14+. The Bertz CT molecular complexity index is 1840. The lowest BCUT2D eigenvalue weighted by atomic mass is 9.93. The highest BCUT2D eigenvalue weighted by atomic mass is 79.9. The van der Waals surface area contributed by atoms with E-state index in [1.165, 1.54) is 11.3 Å². The molecule has 0 aliphatic carbocycles. The van der Waals surface area contributed by atoms with Crippen LogP contribution in [0.2, 0.25) is 0 Å². The molecule has 10 heteroatoms. The molecule has 8 nitrogen and oxygen atoms in total. The second-order valence-corrected chi connectivity index (χ2v) is 10.8. The Morgan fingerprint density at radius 1 is 1.12 bits per heavy atom. The zero-order valence-electron chi connectivity index (χ0n) is 21.5. The fraction of sp³-hybridized carbons (Fsp3) is 0.167. The molecule has 3 heterocycles. The first-order valence-corrected chi connectivity index (χ1v) is 14.1. The van der Waals surface area contributed by atoms with E-state index in [-0.39, 0.29) is 24.5 Å². The van der Waals surface area contributed by atoms with Gasteiger partial charge in [-0.05, 0) is 64.3 Å². The van der Waals surface area contributed by atoms with Gasteiger partial charge >= 0.3 is 5.97 Å². The number of hydrogen-bond donors (Lipinski definition) is 0. The van der Waals surface area contributed by atoms with Gasteiger partial charge in [-0.2, -0.15) is 0 Å². The van der Waals surface area contributed by atoms with Crippen LogP contribution in [0.25, 0.3) is 11.8 Å². The van der Waals surface area contributed by atoms with Crippen LogP contribution in [0.4, 0.5) is 0 Å². The minimum Gasteiger partial charge on any atom is -0.496 e.